The second-order valence-corrected chi connectivity index (χ2v) is 5.98. The van der Waals surface area contributed by atoms with Crippen molar-refractivity contribution in [3.8, 4) is 0 Å². The predicted molar refractivity (Wildman–Crippen MR) is 76.0 cm³/mol. The van der Waals surface area contributed by atoms with Gasteiger partial charge in [-0.05, 0) is 36.2 Å². The zero-order chi connectivity index (χ0) is 14.2. The molecular formula is C14H9Br2F3. The van der Waals surface area contributed by atoms with E-state index in [4.69, 9.17) is 0 Å². The maximum atomic E-state index is 13.8. The summed E-state index contributed by atoms with van der Waals surface area (Å²) in [4.78, 5) is -0.542. The lowest BCUT2D eigenvalue weighted by Gasteiger charge is -2.15. The first kappa shape index (κ1) is 14.6. The van der Waals surface area contributed by atoms with Gasteiger partial charge in [-0.3, -0.25) is 0 Å². The van der Waals surface area contributed by atoms with E-state index in [2.05, 4.69) is 31.9 Å². The Bertz CT molecular complexity index is 626. The number of aryl methyl sites for hydroxylation is 1. The molecule has 0 nitrogen and oxygen atoms in total. The van der Waals surface area contributed by atoms with Gasteiger partial charge >= 0.3 is 0 Å². The summed E-state index contributed by atoms with van der Waals surface area (Å²) in [6.07, 6.45) is 0. The van der Waals surface area contributed by atoms with Crippen LogP contribution in [0.15, 0.2) is 34.8 Å². The molecule has 0 aliphatic heterocycles. The van der Waals surface area contributed by atoms with Crippen molar-refractivity contribution in [2.24, 2.45) is 0 Å². The highest BCUT2D eigenvalue weighted by Crippen LogP contribution is 2.36. The van der Waals surface area contributed by atoms with Crippen LogP contribution in [0.1, 0.15) is 21.5 Å². The summed E-state index contributed by atoms with van der Waals surface area (Å²) in [5, 5.41) is 0. The van der Waals surface area contributed by atoms with Crippen molar-refractivity contribution in [1.82, 2.24) is 0 Å². The first-order valence-electron chi connectivity index (χ1n) is 5.44. The maximum absolute atomic E-state index is 13.8. The molecule has 0 N–H and O–H groups in total. The van der Waals surface area contributed by atoms with E-state index in [-0.39, 0.29) is 5.56 Å². The molecule has 0 saturated carbocycles. The number of benzene rings is 2. The number of rotatable bonds is 2. The Morgan fingerprint density at radius 3 is 2.21 bits per heavy atom. The fourth-order valence-electron chi connectivity index (χ4n) is 1.78. The zero-order valence-corrected chi connectivity index (χ0v) is 13.0. The number of alkyl halides is 1. The van der Waals surface area contributed by atoms with Crippen LogP contribution in [0.2, 0.25) is 0 Å². The standard InChI is InChI=1S/C14H9Br2F3/c1-7-2-3-8(15)4-9(7)14(16)10-5-12(18)13(19)6-11(10)17/h2-6,14H,1H3. The van der Waals surface area contributed by atoms with Crippen LogP contribution in [0, 0.1) is 24.4 Å². The first-order valence-corrected chi connectivity index (χ1v) is 7.15. The van der Waals surface area contributed by atoms with E-state index in [9.17, 15) is 13.2 Å². The van der Waals surface area contributed by atoms with Crippen molar-refractivity contribution >= 4 is 31.9 Å². The molecule has 100 valence electrons. The fraction of sp³-hybridized carbons (Fsp3) is 0.143. The van der Waals surface area contributed by atoms with E-state index in [0.29, 0.717) is 6.07 Å². The Balaban J connectivity index is 2.52. The molecule has 0 aliphatic carbocycles. The monoisotopic (exact) mass is 392 g/mol. The molecule has 0 bridgehead atoms. The molecule has 0 saturated heterocycles. The van der Waals surface area contributed by atoms with Crippen LogP contribution < -0.4 is 0 Å². The van der Waals surface area contributed by atoms with Crippen molar-refractivity contribution in [2.75, 3.05) is 0 Å². The Labute approximate surface area is 125 Å². The van der Waals surface area contributed by atoms with Crippen molar-refractivity contribution in [2.45, 2.75) is 11.8 Å². The molecule has 0 aromatic heterocycles. The Hall–Kier alpha value is -0.810. The van der Waals surface area contributed by atoms with Gasteiger partial charge in [-0.15, -0.1) is 0 Å². The van der Waals surface area contributed by atoms with Crippen LogP contribution in [0.5, 0.6) is 0 Å². The molecule has 2 aromatic carbocycles. The lowest BCUT2D eigenvalue weighted by Crippen LogP contribution is -2.01. The molecule has 0 aliphatic rings. The molecule has 5 heteroatoms. The Kier molecular flexibility index (Phi) is 4.36. The topological polar surface area (TPSA) is 0 Å². The van der Waals surface area contributed by atoms with Gasteiger partial charge in [0.05, 0.1) is 4.83 Å². The third kappa shape index (κ3) is 3.03. The van der Waals surface area contributed by atoms with Gasteiger partial charge in [0.15, 0.2) is 11.6 Å². The second kappa shape index (κ2) is 5.67. The third-order valence-electron chi connectivity index (χ3n) is 2.83. The quantitative estimate of drug-likeness (QED) is 0.456. The summed E-state index contributed by atoms with van der Waals surface area (Å²) in [5.41, 5.74) is 1.79. The summed E-state index contributed by atoms with van der Waals surface area (Å²) in [5.74, 6) is -3.03. The normalized spacial score (nSPS) is 12.5. The Morgan fingerprint density at radius 1 is 0.895 bits per heavy atom. The zero-order valence-electron chi connectivity index (χ0n) is 9.85. The van der Waals surface area contributed by atoms with Gasteiger partial charge in [0.2, 0.25) is 0 Å². The van der Waals surface area contributed by atoms with E-state index >= 15 is 0 Å². The number of hydrogen-bond acceptors (Lipinski definition) is 0. The number of hydrogen-bond donors (Lipinski definition) is 0. The average molecular weight is 394 g/mol. The molecule has 0 spiro atoms. The molecule has 0 radical (unpaired) electrons. The van der Waals surface area contributed by atoms with Crippen molar-refractivity contribution in [3.63, 3.8) is 0 Å². The van der Waals surface area contributed by atoms with Crippen LogP contribution in [-0.4, -0.2) is 0 Å². The molecule has 19 heavy (non-hydrogen) atoms. The van der Waals surface area contributed by atoms with E-state index in [1.165, 1.54) is 0 Å². The number of halogens is 5. The lowest BCUT2D eigenvalue weighted by atomic mass is 10.00. The maximum Gasteiger partial charge on any atom is 0.161 e. The summed E-state index contributed by atoms with van der Waals surface area (Å²) >= 11 is 6.67. The SMILES string of the molecule is Cc1ccc(Br)cc1C(Br)c1cc(F)c(F)cc1F. The predicted octanol–water partition coefficient (Wildman–Crippen LogP) is 5.66. The largest absolute Gasteiger partial charge is 0.207 e. The van der Waals surface area contributed by atoms with Gasteiger partial charge in [-0.25, -0.2) is 13.2 Å². The summed E-state index contributed by atoms with van der Waals surface area (Å²) in [6, 6.07) is 6.98. The molecular weight excluding hydrogens is 385 g/mol. The minimum atomic E-state index is -1.19. The lowest BCUT2D eigenvalue weighted by molar-refractivity contribution is 0.491. The highest BCUT2D eigenvalue weighted by molar-refractivity contribution is 9.10. The van der Waals surface area contributed by atoms with Gasteiger partial charge in [0, 0.05) is 16.1 Å². The van der Waals surface area contributed by atoms with Crippen LogP contribution in [-0.2, 0) is 0 Å². The molecule has 0 heterocycles. The molecule has 0 amide bonds. The van der Waals surface area contributed by atoms with Crippen LogP contribution >= 0.6 is 31.9 Å². The third-order valence-corrected chi connectivity index (χ3v) is 4.31. The van der Waals surface area contributed by atoms with Crippen molar-refractivity contribution in [3.05, 3.63) is 68.9 Å². The molecule has 2 aromatic rings. The van der Waals surface area contributed by atoms with Gasteiger partial charge in [-0.2, -0.15) is 0 Å². The average Bonchev–Trinajstić information content (AvgIpc) is 2.36. The Morgan fingerprint density at radius 2 is 1.53 bits per heavy atom. The minimum absolute atomic E-state index is 0.0695. The molecule has 1 atom stereocenters. The van der Waals surface area contributed by atoms with Gasteiger partial charge in [0.1, 0.15) is 5.82 Å². The van der Waals surface area contributed by atoms with E-state index in [1.807, 2.05) is 25.1 Å². The fourth-order valence-corrected chi connectivity index (χ4v) is 3.01. The highest BCUT2D eigenvalue weighted by Gasteiger charge is 2.19. The van der Waals surface area contributed by atoms with Crippen LogP contribution in [0.25, 0.3) is 0 Å². The summed E-state index contributed by atoms with van der Waals surface area (Å²) in [6.45, 7) is 1.87. The summed E-state index contributed by atoms with van der Waals surface area (Å²) < 4.78 is 40.8. The van der Waals surface area contributed by atoms with Gasteiger partial charge in [0.25, 0.3) is 0 Å². The molecule has 1 unspecified atom stereocenters. The van der Waals surface area contributed by atoms with Crippen molar-refractivity contribution in [1.29, 1.82) is 0 Å². The van der Waals surface area contributed by atoms with Crippen LogP contribution in [0.4, 0.5) is 13.2 Å². The van der Waals surface area contributed by atoms with Crippen LogP contribution in [0.3, 0.4) is 0 Å². The van der Waals surface area contributed by atoms with Gasteiger partial charge < -0.3 is 0 Å². The van der Waals surface area contributed by atoms with E-state index < -0.39 is 22.3 Å². The minimum Gasteiger partial charge on any atom is -0.207 e. The second-order valence-electron chi connectivity index (χ2n) is 4.15. The smallest absolute Gasteiger partial charge is 0.161 e. The first-order chi connectivity index (χ1) is 8.90. The summed E-state index contributed by atoms with van der Waals surface area (Å²) in [7, 11) is 0. The van der Waals surface area contributed by atoms with E-state index in [0.717, 1.165) is 21.7 Å². The highest BCUT2D eigenvalue weighted by atomic mass is 79.9. The van der Waals surface area contributed by atoms with Crippen molar-refractivity contribution < 1.29 is 13.2 Å². The van der Waals surface area contributed by atoms with Gasteiger partial charge in [-0.1, -0.05) is 37.9 Å². The van der Waals surface area contributed by atoms with E-state index in [1.54, 1.807) is 0 Å². The molecule has 2 rings (SSSR count). The molecule has 0 fully saturated rings.